The van der Waals surface area contributed by atoms with Crippen LogP contribution < -0.4 is 4.74 Å². The third-order valence-corrected chi connectivity index (χ3v) is 6.72. The van der Waals surface area contributed by atoms with Gasteiger partial charge in [-0.05, 0) is 36.1 Å². The van der Waals surface area contributed by atoms with Crippen LogP contribution in [0, 0.1) is 16.0 Å². The Hall–Kier alpha value is -3.20. The molecule has 0 bridgehead atoms. The summed E-state index contributed by atoms with van der Waals surface area (Å²) in [4.78, 5) is 22.7. The van der Waals surface area contributed by atoms with Crippen LogP contribution in [0.2, 0.25) is 0 Å². The van der Waals surface area contributed by atoms with E-state index in [1.807, 2.05) is 6.07 Å². The number of carbonyl (C=O) groups excluding carboxylic acids is 1. The molecule has 3 rings (SSSR count). The Labute approximate surface area is 168 Å². The SMILES string of the molecule is COc1cccc(CC2C(C)C=CC(=O)N2S(=O)(=O)c2ccccc2[N+](=O)[O-])c1. The number of nitro benzene ring substituents is 1. The standard InChI is InChI=1S/C20H20N2O6S/c1-14-10-11-20(23)21(18(14)13-15-6-5-7-16(12-15)28-2)29(26,27)19-9-4-3-8-17(19)22(24)25/h3-12,14,18H,13H2,1-2H3. The second kappa shape index (κ2) is 8.04. The van der Waals surface area contributed by atoms with E-state index in [2.05, 4.69) is 0 Å². The van der Waals surface area contributed by atoms with E-state index >= 15 is 0 Å². The molecule has 1 aliphatic rings. The minimum absolute atomic E-state index is 0.244. The van der Waals surface area contributed by atoms with Gasteiger partial charge in [0.1, 0.15) is 5.75 Å². The van der Waals surface area contributed by atoms with Gasteiger partial charge in [-0.2, -0.15) is 0 Å². The summed E-state index contributed by atoms with van der Waals surface area (Å²) in [6, 6.07) is 11.4. The van der Waals surface area contributed by atoms with Crippen molar-refractivity contribution in [3.05, 3.63) is 76.4 Å². The largest absolute Gasteiger partial charge is 0.497 e. The van der Waals surface area contributed by atoms with E-state index < -0.39 is 37.5 Å². The third kappa shape index (κ3) is 4.00. The predicted molar refractivity (Wildman–Crippen MR) is 106 cm³/mol. The minimum atomic E-state index is -4.45. The van der Waals surface area contributed by atoms with Crippen molar-refractivity contribution in [1.82, 2.24) is 4.31 Å². The van der Waals surface area contributed by atoms with Gasteiger partial charge in [0.15, 0.2) is 4.90 Å². The van der Waals surface area contributed by atoms with Crippen LogP contribution in [0.25, 0.3) is 0 Å². The fourth-order valence-electron chi connectivity index (χ4n) is 3.35. The van der Waals surface area contributed by atoms with Crippen molar-refractivity contribution in [1.29, 1.82) is 0 Å². The number of nitrogens with zero attached hydrogens (tertiary/aromatic N) is 2. The molecule has 2 atom stereocenters. The number of ether oxygens (including phenoxy) is 1. The number of hydrogen-bond donors (Lipinski definition) is 0. The smallest absolute Gasteiger partial charge is 0.289 e. The highest BCUT2D eigenvalue weighted by Crippen LogP contribution is 2.33. The number of carbonyl (C=O) groups is 1. The van der Waals surface area contributed by atoms with Crippen molar-refractivity contribution in [3.8, 4) is 5.75 Å². The molecule has 0 aromatic heterocycles. The molecule has 1 amide bonds. The van der Waals surface area contributed by atoms with Crippen LogP contribution in [0.15, 0.2) is 65.6 Å². The lowest BCUT2D eigenvalue weighted by atomic mass is 9.92. The molecule has 152 valence electrons. The summed E-state index contributed by atoms with van der Waals surface area (Å²) in [6.45, 7) is 1.80. The molecule has 29 heavy (non-hydrogen) atoms. The van der Waals surface area contributed by atoms with Crippen LogP contribution in [0.1, 0.15) is 12.5 Å². The third-order valence-electron chi connectivity index (χ3n) is 4.85. The van der Waals surface area contributed by atoms with E-state index in [-0.39, 0.29) is 12.3 Å². The number of amides is 1. The molecule has 2 aromatic rings. The zero-order valence-electron chi connectivity index (χ0n) is 15.9. The van der Waals surface area contributed by atoms with Gasteiger partial charge in [0.05, 0.1) is 18.1 Å². The second-order valence-corrected chi connectivity index (χ2v) is 8.49. The molecular formula is C20H20N2O6S. The first-order valence-electron chi connectivity index (χ1n) is 8.88. The van der Waals surface area contributed by atoms with E-state index in [1.165, 1.54) is 25.3 Å². The van der Waals surface area contributed by atoms with E-state index in [0.717, 1.165) is 22.0 Å². The van der Waals surface area contributed by atoms with Crippen LogP contribution in [0.5, 0.6) is 5.75 Å². The molecule has 8 nitrogen and oxygen atoms in total. The molecule has 0 saturated heterocycles. The predicted octanol–water partition coefficient (Wildman–Crippen LogP) is 2.94. The minimum Gasteiger partial charge on any atom is -0.497 e. The number of para-hydroxylation sites is 1. The first kappa shape index (κ1) is 20.5. The van der Waals surface area contributed by atoms with Crippen molar-refractivity contribution in [2.75, 3.05) is 7.11 Å². The summed E-state index contributed by atoms with van der Waals surface area (Å²) in [6.07, 6.45) is 3.09. The molecule has 0 aliphatic carbocycles. The molecule has 9 heteroatoms. The zero-order chi connectivity index (χ0) is 21.2. The summed E-state index contributed by atoms with van der Waals surface area (Å²) in [5, 5.41) is 11.3. The Bertz CT molecular complexity index is 1080. The Morgan fingerprint density at radius 1 is 1.17 bits per heavy atom. The van der Waals surface area contributed by atoms with E-state index in [9.17, 15) is 23.3 Å². The van der Waals surface area contributed by atoms with Crippen molar-refractivity contribution >= 4 is 21.6 Å². The maximum Gasteiger partial charge on any atom is 0.289 e. The molecule has 0 N–H and O–H groups in total. The number of benzene rings is 2. The molecule has 0 spiro atoms. The molecule has 0 saturated carbocycles. The van der Waals surface area contributed by atoms with Crippen molar-refractivity contribution in [2.45, 2.75) is 24.3 Å². The second-order valence-electron chi connectivity index (χ2n) is 6.71. The van der Waals surface area contributed by atoms with E-state index in [1.54, 1.807) is 31.2 Å². The number of sulfonamides is 1. The van der Waals surface area contributed by atoms with Crippen molar-refractivity contribution in [3.63, 3.8) is 0 Å². The molecule has 1 heterocycles. The molecule has 2 unspecified atom stereocenters. The van der Waals surface area contributed by atoms with Crippen LogP contribution in [0.4, 0.5) is 5.69 Å². The van der Waals surface area contributed by atoms with Crippen LogP contribution >= 0.6 is 0 Å². The highest BCUT2D eigenvalue weighted by atomic mass is 32.2. The first-order chi connectivity index (χ1) is 13.8. The maximum atomic E-state index is 13.3. The Kier molecular flexibility index (Phi) is 5.69. The van der Waals surface area contributed by atoms with Crippen molar-refractivity contribution < 1.29 is 22.9 Å². The lowest BCUT2D eigenvalue weighted by Crippen LogP contribution is -2.50. The van der Waals surface area contributed by atoms with E-state index in [0.29, 0.717) is 5.75 Å². The number of rotatable bonds is 6. The quantitative estimate of drug-likeness (QED) is 0.529. The molecule has 0 radical (unpaired) electrons. The Morgan fingerprint density at radius 2 is 1.90 bits per heavy atom. The van der Waals surface area contributed by atoms with Crippen molar-refractivity contribution in [2.24, 2.45) is 5.92 Å². The fraction of sp³-hybridized carbons (Fsp3) is 0.250. The molecule has 2 aromatic carbocycles. The lowest BCUT2D eigenvalue weighted by Gasteiger charge is -2.36. The fourth-order valence-corrected chi connectivity index (χ4v) is 5.14. The van der Waals surface area contributed by atoms with Gasteiger partial charge < -0.3 is 4.74 Å². The first-order valence-corrected chi connectivity index (χ1v) is 10.3. The van der Waals surface area contributed by atoms with Gasteiger partial charge in [0, 0.05) is 12.1 Å². The van der Waals surface area contributed by atoms with Gasteiger partial charge in [-0.15, -0.1) is 0 Å². The maximum absolute atomic E-state index is 13.3. The average Bonchev–Trinajstić information content (AvgIpc) is 2.70. The number of methoxy groups -OCH3 is 1. The number of hydrogen-bond acceptors (Lipinski definition) is 6. The van der Waals surface area contributed by atoms with Crippen LogP contribution in [-0.4, -0.2) is 36.7 Å². The zero-order valence-corrected chi connectivity index (χ0v) is 16.7. The molecule has 1 aliphatic heterocycles. The van der Waals surface area contributed by atoms with E-state index in [4.69, 9.17) is 4.74 Å². The normalized spacial score (nSPS) is 19.2. The average molecular weight is 416 g/mol. The van der Waals surface area contributed by atoms with Gasteiger partial charge in [0.2, 0.25) is 0 Å². The molecular weight excluding hydrogens is 396 g/mol. The summed E-state index contributed by atoms with van der Waals surface area (Å²) < 4.78 is 32.6. The monoisotopic (exact) mass is 416 g/mol. The van der Waals surface area contributed by atoms with Gasteiger partial charge >= 0.3 is 0 Å². The lowest BCUT2D eigenvalue weighted by molar-refractivity contribution is -0.387. The van der Waals surface area contributed by atoms with Gasteiger partial charge in [0.25, 0.3) is 21.6 Å². The summed E-state index contributed by atoms with van der Waals surface area (Å²) >= 11 is 0. The number of nitro groups is 1. The molecule has 0 fully saturated rings. The van der Waals surface area contributed by atoms with Gasteiger partial charge in [-0.25, -0.2) is 12.7 Å². The Morgan fingerprint density at radius 3 is 2.59 bits per heavy atom. The van der Waals surface area contributed by atoms with Gasteiger partial charge in [-0.3, -0.25) is 14.9 Å². The van der Waals surface area contributed by atoms with Gasteiger partial charge in [-0.1, -0.05) is 37.3 Å². The summed E-state index contributed by atoms with van der Waals surface area (Å²) in [7, 11) is -2.92. The summed E-state index contributed by atoms with van der Waals surface area (Å²) in [5.41, 5.74) is 0.217. The topological polar surface area (TPSA) is 107 Å². The highest BCUT2D eigenvalue weighted by molar-refractivity contribution is 7.89. The Balaban J connectivity index is 2.07. The van der Waals surface area contributed by atoms with Crippen LogP contribution in [0.3, 0.4) is 0 Å². The van der Waals surface area contributed by atoms with Crippen LogP contribution in [-0.2, 0) is 21.2 Å². The summed E-state index contributed by atoms with van der Waals surface area (Å²) in [5.74, 6) is -0.397. The highest BCUT2D eigenvalue weighted by Gasteiger charge is 2.41.